The summed E-state index contributed by atoms with van der Waals surface area (Å²) < 4.78 is 42.8. The smallest absolute Gasteiger partial charge is 0.367 e. The molecular weight excluding hydrogens is 524 g/mol. The number of benzene rings is 1. The van der Waals surface area contributed by atoms with Crippen LogP contribution in [0, 0.1) is 0 Å². The molecule has 2 N–H and O–H groups in total. The van der Waals surface area contributed by atoms with Gasteiger partial charge in [0.1, 0.15) is 6.61 Å². The normalized spacial score (nSPS) is 13.1. The summed E-state index contributed by atoms with van der Waals surface area (Å²) in [6.07, 6.45) is -0.472. The van der Waals surface area contributed by atoms with Gasteiger partial charge in [0.05, 0.1) is 18.8 Å². The summed E-state index contributed by atoms with van der Waals surface area (Å²) in [6, 6.07) is 7.35. The summed E-state index contributed by atoms with van der Waals surface area (Å²) in [5, 5.41) is 10.8. The number of nitrogens with one attached hydrogen (secondary N) is 2. The first-order valence-corrected chi connectivity index (χ1v) is 9.49. The highest BCUT2D eigenvalue weighted by molar-refractivity contribution is 14.0. The fourth-order valence-corrected chi connectivity index (χ4v) is 2.85. The van der Waals surface area contributed by atoms with Gasteiger partial charge in [-0.2, -0.15) is 18.3 Å². The van der Waals surface area contributed by atoms with Gasteiger partial charge in [0.25, 0.3) is 0 Å². The third kappa shape index (κ3) is 9.87. The largest absolute Gasteiger partial charge is 0.411 e. The number of rotatable bonds is 9. The van der Waals surface area contributed by atoms with E-state index in [0.29, 0.717) is 24.6 Å². The molecule has 0 aliphatic heterocycles. The molecule has 174 valence electrons. The SMILES string of the molecule is CN=C(NCc1ccc(COCC(F)(F)F)cc1)NCC(c1cnn(C)c1)N(C)C.I. The van der Waals surface area contributed by atoms with E-state index in [1.54, 1.807) is 23.9 Å². The van der Waals surface area contributed by atoms with Gasteiger partial charge in [0.15, 0.2) is 5.96 Å². The topological polar surface area (TPSA) is 66.7 Å². The van der Waals surface area contributed by atoms with E-state index in [1.807, 2.05) is 45.7 Å². The molecule has 0 amide bonds. The molecule has 2 rings (SSSR count). The molecule has 0 saturated carbocycles. The minimum absolute atomic E-state index is 0. The molecular formula is C20H30F3IN6O. The van der Waals surface area contributed by atoms with Crippen molar-refractivity contribution in [3.8, 4) is 0 Å². The summed E-state index contributed by atoms with van der Waals surface area (Å²) in [7, 11) is 7.61. The van der Waals surface area contributed by atoms with Gasteiger partial charge in [-0.25, -0.2) is 0 Å². The van der Waals surface area contributed by atoms with Crippen molar-refractivity contribution < 1.29 is 17.9 Å². The van der Waals surface area contributed by atoms with Crippen molar-refractivity contribution in [2.24, 2.45) is 12.0 Å². The number of likely N-dealkylation sites (N-methyl/N-ethyl adjacent to an activating group) is 1. The third-order valence-corrected chi connectivity index (χ3v) is 4.44. The van der Waals surface area contributed by atoms with Crippen molar-refractivity contribution in [3.05, 3.63) is 53.3 Å². The molecule has 2 aromatic rings. The van der Waals surface area contributed by atoms with E-state index in [4.69, 9.17) is 0 Å². The fourth-order valence-electron chi connectivity index (χ4n) is 2.85. The van der Waals surface area contributed by atoms with E-state index in [9.17, 15) is 13.2 Å². The van der Waals surface area contributed by atoms with Crippen LogP contribution in [0.3, 0.4) is 0 Å². The Hall–Kier alpha value is -1.86. The van der Waals surface area contributed by atoms with Crippen LogP contribution >= 0.6 is 24.0 Å². The number of hydrogen-bond acceptors (Lipinski definition) is 4. The summed E-state index contributed by atoms with van der Waals surface area (Å²) in [4.78, 5) is 6.35. The van der Waals surface area contributed by atoms with Gasteiger partial charge < -0.3 is 20.3 Å². The van der Waals surface area contributed by atoms with Gasteiger partial charge >= 0.3 is 6.18 Å². The lowest BCUT2D eigenvalue weighted by atomic mass is 10.1. The van der Waals surface area contributed by atoms with Crippen LogP contribution in [0.25, 0.3) is 0 Å². The highest BCUT2D eigenvalue weighted by atomic mass is 127. The first-order chi connectivity index (χ1) is 14.2. The van der Waals surface area contributed by atoms with Crippen LogP contribution in [0.4, 0.5) is 13.2 Å². The first kappa shape index (κ1) is 27.2. The van der Waals surface area contributed by atoms with Gasteiger partial charge in [-0.05, 0) is 25.2 Å². The highest BCUT2D eigenvalue weighted by Gasteiger charge is 2.27. The highest BCUT2D eigenvalue weighted by Crippen LogP contribution is 2.17. The molecule has 0 aliphatic carbocycles. The lowest BCUT2D eigenvalue weighted by molar-refractivity contribution is -0.176. The minimum Gasteiger partial charge on any atom is -0.367 e. The maximum atomic E-state index is 12.1. The Balaban J connectivity index is 0.00000480. The Kier molecular flexibility index (Phi) is 11.3. The second-order valence-corrected chi connectivity index (χ2v) is 7.16. The molecule has 7 nitrogen and oxygen atoms in total. The molecule has 1 unspecified atom stereocenters. The van der Waals surface area contributed by atoms with Crippen molar-refractivity contribution in [3.63, 3.8) is 0 Å². The van der Waals surface area contributed by atoms with E-state index in [0.717, 1.165) is 11.1 Å². The Morgan fingerprint density at radius 3 is 2.35 bits per heavy atom. The van der Waals surface area contributed by atoms with Crippen LogP contribution < -0.4 is 10.6 Å². The number of hydrogen-bond donors (Lipinski definition) is 2. The van der Waals surface area contributed by atoms with Gasteiger partial charge in [0, 0.05) is 38.9 Å². The number of aromatic nitrogens is 2. The molecule has 1 aromatic heterocycles. The second kappa shape index (κ2) is 12.9. The number of aliphatic imine (C=N–C) groups is 1. The Morgan fingerprint density at radius 1 is 1.19 bits per heavy atom. The minimum atomic E-state index is -4.31. The van der Waals surface area contributed by atoms with Gasteiger partial charge in [-0.15, -0.1) is 24.0 Å². The molecule has 1 heterocycles. The molecule has 31 heavy (non-hydrogen) atoms. The number of ether oxygens (including phenoxy) is 1. The second-order valence-electron chi connectivity index (χ2n) is 7.16. The lowest BCUT2D eigenvalue weighted by Gasteiger charge is -2.24. The van der Waals surface area contributed by atoms with Crippen molar-refractivity contribution in [2.45, 2.75) is 25.4 Å². The van der Waals surface area contributed by atoms with E-state index in [2.05, 4.69) is 30.4 Å². The quantitative estimate of drug-likeness (QED) is 0.284. The predicted molar refractivity (Wildman–Crippen MR) is 125 cm³/mol. The average molecular weight is 554 g/mol. The van der Waals surface area contributed by atoms with E-state index in [1.165, 1.54) is 0 Å². The summed E-state index contributed by atoms with van der Waals surface area (Å²) in [5.74, 6) is 0.656. The number of aryl methyl sites for hydroxylation is 1. The van der Waals surface area contributed by atoms with Crippen LogP contribution in [-0.4, -0.2) is 61.1 Å². The van der Waals surface area contributed by atoms with Crippen LogP contribution in [0.2, 0.25) is 0 Å². The fraction of sp³-hybridized carbons (Fsp3) is 0.500. The maximum Gasteiger partial charge on any atom is 0.411 e. The Morgan fingerprint density at radius 2 is 1.84 bits per heavy atom. The van der Waals surface area contributed by atoms with Crippen LogP contribution in [0.5, 0.6) is 0 Å². The summed E-state index contributed by atoms with van der Waals surface area (Å²) in [5.41, 5.74) is 2.78. The van der Waals surface area contributed by atoms with E-state index in [-0.39, 0.29) is 36.6 Å². The van der Waals surface area contributed by atoms with Crippen LogP contribution in [0.1, 0.15) is 22.7 Å². The van der Waals surface area contributed by atoms with E-state index < -0.39 is 12.8 Å². The predicted octanol–water partition coefficient (Wildman–Crippen LogP) is 3.08. The molecule has 1 aromatic carbocycles. The number of guanidine groups is 1. The van der Waals surface area contributed by atoms with Crippen LogP contribution in [0.15, 0.2) is 41.7 Å². The lowest BCUT2D eigenvalue weighted by Crippen LogP contribution is -2.41. The third-order valence-electron chi connectivity index (χ3n) is 4.44. The van der Waals surface area contributed by atoms with Crippen molar-refractivity contribution >= 4 is 29.9 Å². The maximum absolute atomic E-state index is 12.1. The number of nitrogens with zero attached hydrogens (tertiary/aromatic N) is 4. The van der Waals surface area contributed by atoms with Gasteiger partial charge in [-0.3, -0.25) is 9.67 Å². The molecule has 0 saturated heterocycles. The summed E-state index contributed by atoms with van der Waals surface area (Å²) in [6.45, 7) is -0.140. The zero-order valence-corrected chi connectivity index (χ0v) is 20.4. The molecule has 0 fully saturated rings. The Labute approximate surface area is 198 Å². The zero-order valence-electron chi connectivity index (χ0n) is 18.1. The molecule has 11 heteroatoms. The van der Waals surface area contributed by atoms with Gasteiger partial charge in [0.2, 0.25) is 0 Å². The average Bonchev–Trinajstić information content (AvgIpc) is 3.10. The first-order valence-electron chi connectivity index (χ1n) is 9.49. The molecule has 0 spiro atoms. The summed E-state index contributed by atoms with van der Waals surface area (Å²) >= 11 is 0. The Bertz CT molecular complexity index is 808. The number of halogens is 4. The number of alkyl halides is 3. The molecule has 0 bridgehead atoms. The zero-order chi connectivity index (χ0) is 22.1. The molecule has 0 aliphatic rings. The van der Waals surface area contributed by atoms with Crippen molar-refractivity contribution in [1.29, 1.82) is 0 Å². The van der Waals surface area contributed by atoms with Crippen molar-refractivity contribution in [2.75, 3.05) is 34.3 Å². The monoisotopic (exact) mass is 554 g/mol. The van der Waals surface area contributed by atoms with Crippen molar-refractivity contribution in [1.82, 2.24) is 25.3 Å². The molecule has 1 atom stereocenters. The standard InChI is InChI=1S/C20H29F3N6O.HI/c1-24-19(26-11-18(28(2)3)17-10-27-29(4)12-17)25-9-15-5-7-16(8-6-15)13-30-14-20(21,22)23;/h5-8,10,12,18H,9,11,13-14H2,1-4H3,(H2,24,25,26);1H. The van der Waals surface area contributed by atoms with Crippen LogP contribution in [-0.2, 0) is 24.9 Å². The van der Waals surface area contributed by atoms with E-state index >= 15 is 0 Å². The van der Waals surface area contributed by atoms with Gasteiger partial charge in [-0.1, -0.05) is 24.3 Å². The molecule has 0 radical (unpaired) electrons.